The van der Waals surface area contributed by atoms with Crippen molar-refractivity contribution in [2.24, 2.45) is 0 Å². The average Bonchev–Trinajstić information content (AvgIpc) is 2.69. The van der Waals surface area contributed by atoms with Crippen LogP contribution in [0.1, 0.15) is 18.2 Å². The highest BCUT2D eigenvalue weighted by Gasteiger charge is 2.25. The first kappa shape index (κ1) is 18.8. The first-order valence-corrected chi connectivity index (χ1v) is 9.80. The minimum atomic E-state index is -0.219. The first-order valence-electron chi connectivity index (χ1n) is 8.81. The molecule has 3 rings (SSSR count). The number of hydrogen-bond acceptors (Lipinski definition) is 7. The average molecular weight is 372 g/mol. The molecule has 1 atom stereocenters. The Hall–Kier alpha value is -2.03. The van der Waals surface area contributed by atoms with E-state index in [0.717, 1.165) is 41.8 Å². The van der Waals surface area contributed by atoms with Gasteiger partial charge in [-0.1, -0.05) is 24.8 Å². The third-order valence-electron chi connectivity index (χ3n) is 4.11. The molecule has 8 heteroatoms. The Bertz CT molecular complexity index is 697. The zero-order valence-corrected chi connectivity index (χ0v) is 15.7. The van der Waals surface area contributed by atoms with Crippen molar-refractivity contribution >= 4 is 17.7 Å². The largest absolute Gasteiger partial charge is 0.349 e. The monoisotopic (exact) mass is 372 g/mol. The van der Waals surface area contributed by atoms with E-state index in [0.29, 0.717) is 13.1 Å². The highest BCUT2D eigenvalue weighted by Crippen LogP contribution is 2.12. The maximum Gasteiger partial charge on any atom is 0.238 e. The summed E-state index contributed by atoms with van der Waals surface area (Å²) in [6.45, 7) is 5.63. The normalized spacial score (nSPS) is 17.8. The lowest BCUT2D eigenvalue weighted by Crippen LogP contribution is -2.56. The number of nitrogens with zero attached hydrogens (tertiary/aromatic N) is 4. The second-order valence-corrected chi connectivity index (χ2v) is 7.32. The van der Waals surface area contributed by atoms with Gasteiger partial charge < -0.3 is 10.6 Å². The Kier molecular flexibility index (Phi) is 6.93. The zero-order chi connectivity index (χ0) is 18.2. The second-order valence-electron chi connectivity index (χ2n) is 6.09. The maximum absolute atomic E-state index is 12.4. The molecular formula is C18H24N6OS. The molecule has 3 heterocycles. The van der Waals surface area contributed by atoms with Crippen molar-refractivity contribution in [2.75, 3.05) is 25.4 Å². The molecule has 0 saturated carbocycles. The summed E-state index contributed by atoms with van der Waals surface area (Å²) >= 11 is 1.63. The lowest BCUT2D eigenvalue weighted by Gasteiger charge is -2.32. The molecule has 0 aromatic carbocycles. The van der Waals surface area contributed by atoms with Crippen LogP contribution < -0.4 is 10.6 Å². The third-order valence-corrected chi connectivity index (χ3v) is 4.86. The van der Waals surface area contributed by atoms with Gasteiger partial charge in [-0.2, -0.15) is 0 Å². The minimum absolute atomic E-state index is 0.00583. The molecule has 26 heavy (non-hydrogen) atoms. The van der Waals surface area contributed by atoms with Gasteiger partial charge in [-0.25, -0.2) is 9.97 Å². The molecule has 1 aliphatic rings. The van der Waals surface area contributed by atoms with E-state index in [1.54, 1.807) is 18.0 Å². The van der Waals surface area contributed by atoms with Gasteiger partial charge >= 0.3 is 0 Å². The molecule has 0 bridgehead atoms. The van der Waals surface area contributed by atoms with Crippen LogP contribution >= 0.6 is 11.8 Å². The van der Waals surface area contributed by atoms with E-state index >= 15 is 0 Å². The van der Waals surface area contributed by atoms with Gasteiger partial charge in [0.05, 0.1) is 18.3 Å². The number of piperazine rings is 1. The van der Waals surface area contributed by atoms with Crippen LogP contribution in [0.2, 0.25) is 0 Å². The van der Waals surface area contributed by atoms with Gasteiger partial charge in [0.15, 0.2) is 5.16 Å². The van der Waals surface area contributed by atoms with E-state index in [2.05, 4.69) is 37.4 Å². The van der Waals surface area contributed by atoms with E-state index in [-0.39, 0.29) is 11.9 Å². The molecule has 7 nitrogen and oxygen atoms in total. The van der Waals surface area contributed by atoms with Gasteiger partial charge in [0.1, 0.15) is 0 Å². The summed E-state index contributed by atoms with van der Waals surface area (Å²) in [6.07, 6.45) is 5.49. The van der Waals surface area contributed by atoms with Crippen molar-refractivity contribution in [2.45, 2.75) is 31.2 Å². The van der Waals surface area contributed by atoms with E-state index in [4.69, 9.17) is 0 Å². The lowest BCUT2D eigenvalue weighted by molar-refractivity contribution is -0.124. The van der Waals surface area contributed by atoms with Crippen molar-refractivity contribution in [3.63, 3.8) is 0 Å². The van der Waals surface area contributed by atoms with Gasteiger partial charge in [-0.05, 0) is 17.9 Å². The number of thioether (sulfide) groups is 1. The molecule has 1 fully saturated rings. The molecule has 0 unspecified atom stereocenters. The second kappa shape index (κ2) is 9.61. The van der Waals surface area contributed by atoms with Crippen LogP contribution in [-0.2, 0) is 17.9 Å². The van der Waals surface area contributed by atoms with Gasteiger partial charge in [-0.15, -0.1) is 0 Å². The van der Waals surface area contributed by atoms with Gasteiger partial charge in [-0.3, -0.25) is 14.7 Å². The van der Waals surface area contributed by atoms with Gasteiger partial charge in [0, 0.05) is 50.3 Å². The number of hydrogen-bond donors (Lipinski definition) is 2. The summed E-state index contributed by atoms with van der Waals surface area (Å²) in [7, 11) is 0. The van der Waals surface area contributed by atoms with Crippen molar-refractivity contribution in [1.29, 1.82) is 0 Å². The van der Waals surface area contributed by atoms with Crippen molar-refractivity contribution in [3.8, 4) is 0 Å². The van der Waals surface area contributed by atoms with Crippen LogP contribution in [0, 0.1) is 0 Å². The Morgan fingerprint density at radius 3 is 2.92 bits per heavy atom. The highest BCUT2D eigenvalue weighted by atomic mass is 32.2. The number of aromatic nitrogens is 3. The number of carbonyl (C=O) groups excluding carboxylic acids is 1. The van der Waals surface area contributed by atoms with Gasteiger partial charge in [0.25, 0.3) is 0 Å². The molecular weight excluding hydrogens is 348 g/mol. The smallest absolute Gasteiger partial charge is 0.238 e. The standard InChI is InChI=1S/C18H24N6OS/c1-2-26-18-22-9-14(10-23-18)12-24-8-7-20-16(13-24)17(25)21-11-15-5-3-4-6-19-15/h3-6,9-10,16,20H,2,7-8,11-13H2,1H3,(H,21,25)/t16-/m0/s1. The predicted octanol–water partition coefficient (Wildman–Crippen LogP) is 1.07. The number of pyridine rings is 1. The van der Waals surface area contributed by atoms with Crippen LogP contribution in [0.3, 0.4) is 0 Å². The highest BCUT2D eigenvalue weighted by molar-refractivity contribution is 7.99. The van der Waals surface area contributed by atoms with Crippen LogP contribution in [0.4, 0.5) is 0 Å². The molecule has 2 N–H and O–H groups in total. The minimum Gasteiger partial charge on any atom is -0.349 e. The molecule has 2 aromatic heterocycles. The predicted molar refractivity (Wildman–Crippen MR) is 102 cm³/mol. The molecule has 0 radical (unpaired) electrons. The Morgan fingerprint density at radius 2 is 2.19 bits per heavy atom. The lowest BCUT2D eigenvalue weighted by atomic mass is 10.1. The van der Waals surface area contributed by atoms with E-state index < -0.39 is 0 Å². The Morgan fingerprint density at radius 1 is 1.35 bits per heavy atom. The molecule has 1 aliphatic heterocycles. The Balaban J connectivity index is 1.49. The topological polar surface area (TPSA) is 83.0 Å². The van der Waals surface area contributed by atoms with Crippen LogP contribution in [0.25, 0.3) is 0 Å². The van der Waals surface area contributed by atoms with Crippen LogP contribution in [0.5, 0.6) is 0 Å². The summed E-state index contributed by atoms with van der Waals surface area (Å²) in [6, 6.07) is 5.47. The van der Waals surface area contributed by atoms with Crippen molar-refractivity contribution in [3.05, 3.63) is 48.0 Å². The Labute approximate surface area is 158 Å². The van der Waals surface area contributed by atoms with Crippen LogP contribution in [-0.4, -0.2) is 57.2 Å². The van der Waals surface area contributed by atoms with Crippen molar-refractivity contribution < 1.29 is 4.79 Å². The fraction of sp³-hybridized carbons (Fsp3) is 0.444. The number of rotatable bonds is 7. The summed E-state index contributed by atoms with van der Waals surface area (Å²) in [5.74, 6) is 0.971. The fourth-order valence-electron chi connectivity index (χ4n) is 2.82. The van der Waals surface area contributed by atoms with E-state index in [1.807, 2.05) is 30.6 Å². The first-order chi connectivity index (χ1) is 12.7. The van der Waals surface area contributed by atoms with Gasteiger partial charge in [0.2, 0.25) is 5.91 Å². The molecule has 0 spiro atoms. The summed E-state index contributed by atoms with van der Waals surface area (Å²) in [5.41, 5.74) is 1.93. The quantitative estimate of drug-likeness (QED) is 0.556. The molecule has 2 aromatic rings. The fourth-order valence-corrected chi connectivity index (χ4v) is 3.33. The van der Waals surface area contributed by atoms with Crippen molar-refractivity contribution in [1.82, 2.24) is 30.5 Å². The third kappa shape index (κ3) is 5.48. The van der Waals surface area contributed by atoms with Crippen LogP contribution in [0.15, 0.2) is 41.9 Å². The maximum atomic E-state index is 12.4. The SMILES string of the molecule is CCSc1ncc(CN2CCN[C@H](C(=O)NCc3ccccn3)C2)cn1. The number of nitrogens with one attached hydrogen (secondary N) is 2. The zero-order valence-electron chi connectivity index (χ0n) is 14.9. The molecule has 1 amide bonds. The summed E-state index contributed by atoms with van der Waals surface area (Å²) < 4.78 is 0. The summed E-state index contributed by atoms with van der Waals surface area (Å²) in [5, 5.41) is 7.05. The molecule has 0 aliphatic carbocycles. The number of amides is 1. The summed E-state index contributed by atoms with van der Waals surface area (Å²) in [4.78, 5) is 27.7. The van der Waals surface area contributed by atoms with E-state index in [1.165, 1.54) is 0 Å². The number of carbonyl (C=O) groups is 1. The molecule has 138 valence electrons. The molecule has 1 saturated heterocycles. The van der Waals surface area contributed by atoms with E-state index in [9.17, 15) is 4.79 Å².